The van der Waals surface area contributed by atoms with Crippen LogP contribution in [-0.2, 0) is 4.74 Å². The highest BCUT2D eigenvalue weighted by atomic mass is 16.5. The maximum Gasteiger partial charge on any atom is 0.108 e. The molecular formula is C15H24O2. The molecule has 0 spiro atoms. The Morgan fingerprint density at radius 3 is 2.12 bits per heavy atom. The first-order chi connectivity index (χ1) is 7.92. The van der Waals surface area contributed by atoms with Gasteiger partial charge in [-0.05, 0) is 39.7 Å². The Bertz CT molecular complexity index is 353. The van der Waals surface area contributed by atoms with Crippen molar-refractivity contribution in [2.24, 2.45) is 0 Å². The molecular weight excluding hydrogens is 212 g/mol. The fourth-order valence-corrected chi connectivity index (χ4v) is 2.22. The summed E-state index contributed by atoms with van der Waals surface area (Å²) in [4.78, 5) is 0. The SMILES string of the molecule is CCOC(C)(CC)C(O)c1cc(C)cc(C)c1. The van der Waals surface area contributed by atoms with Crippen molar-refractivity contribution in [3.8, 4) is 0 Å². The predicted octanol–water partition coefficient (Wildman–Crippen LogP) is 3.54. The van der Waals surface area contributed by atoms with E-state index < -0.39 is 11.7 Å². The lowest BCUT2D eigenvalue weighted by Gasteiger charge is -2.34. The zero-order chi connectivity index (χ0) is 13.1. The van der Waals surface area contributed by atoms with Crippen molar-refractivity contribution in [2.75, 3.05) is 6.61 Å². The molecule has 1 aromatic carbocycles. The average molecular weight is 236 g/mol. The van der Waals surface area contributed by atoms with Crippen LogP contribution >= 0.6 is 0 Å². The number of ether oxygens (including phenoxy) is 1. The van der Waals surface area contributed by atoms with Crippen LogP contribution in [0.25, 0.3) is 0 Å². The number of rotatable bonds is 5. The zero-order valence-corrected chi connectivity index (χ0v) is 11.6. The van der Waals surface area contributed by atoms with Gasteiger partial charge in [0, 0.05) is 6.61 Å². The summed E-state index contributed by atoms with van der Waals surface area (Å²) in [5.41, 5.74) is 2.79. The highest BCUT2D eigenvalue weighted by molar-refractivity contribution is 5.31. The first-order valence-corrected chi connectivity index (χ1v) is 6.33. The molecule has 0 heterocycles. The van der Waals surface area contributed by atoms with Crippen molar-refractivity contribution < 1.29 is 9.84 Å². The number of hydrogen-bond donors (Lipinski definition) is 1. The minimum atomic E-state index is -0.578. The van der Waals surface area contributed by atoms with E-state index in [1.807, 2.05) is 46.8 Å². The van der Waals surface area contributed by atoms with E-state index in [2.05, 4.69) is 6.07 Å². The second-order valence-electron chi connectivity index (χ2n) is 4.92. The number of aryl methyl sites for hydroxylation is 2. The molecule has 0 amide bonds. The Hall–Kier alpha value is -0.860. The number of hydrogen-bond acceptors (Lipinski definition) is 2. The Kier molecular flexibility index (Phi) is 4.72. The van der Waals surface area contributed by atoms with Crippen molar-refractivity contribution in [2.45, 2.75) is 52.7 Å². The van der Waals surface area contributed by atoms with Crippen molar-refractivity contribution in [3.63, 3.8) is 0 Å². The molecule has 2 unspecified atom stereocenters. The monoisotopic (exact) mass is 236 g/mol. The third kappa shape index (κ3) is 3.30. The normalized spacial score (nSPS) is 16.6. The number of benzene rings is 1. The van der Waals surface area contributed by atoms with Gasteiger partial charge >= 0.3 is 0 Å². The largest absolute Gasteiger partial charge is 0.385 e. The van der Waals surface area contributed by atoms with Crippen LogP contribution in [0, 0.1) is 13.8 Å². The fourth-order valence-electron chi connectivity index (χ4n) is 2.22. The maximum absolute atomic E-state index is 10.5. The molecule has 1 rings (SSSR count). The van der Waals surface area contributed by atoms with E-state index in [1.54, 1.807) is 0 Å². The summed E-state index contributed by atoms with van der Waals surface area (Å²) in [6.07, 6.45) is 0.209. The molecule has 0 aliphatic rings. The highest BCUT2D eigenvalue weighted by Crippen LogP contribution is 2.32. The lowest BCUT2D eigenvalue weighted by molar-refractivity contribution is -0.113. The van der Waals surface area contributed by atoms with Gasteiger partial charge in [0.2, 0.25) is 0 Å². The molecule has 2 atom stereocenters. The van der Waals surface area contributed by atoms with Crippen molar-refractivity contribution in [1.29, 1.82) is 0 Å². The molecule has 0 bridgehead atoms. The van der Waals surface area contributed by atoms with Crippen LogP contribution < -0.4 is 0 Å². The molecule has 2 nitrogen and oxygen atoms in total. The minimum absolute atomic E-state index is 0.505. The van der Waals surface area contributed by atoms with Gasteiger partial charge in [-0.2, -0.15) is 0 Å². The van der Waals surface area contributed by atoms with Gasteiger partial charge < -0.3 is 9.84 Å². The Labute approximate surface area is 105 Å². The van der Waals surface area contributed by atoms with Gasteiger partial charge in [0.05, 0.1) is 5.60 Å². The molecule has 96 valence electrons. The minimum Gasteiger partial charge on any atom is -0.385 e. The van der Waals surface area contributed by atoms with E-state index in [0.717, 1.165) is 12.0 Å². The fraction of sp³-hybridized carbons (Fsp3) is 0.600. The molecule has 0 fully saturated rings. The van der Waals surface area contributed by atoms with Crippen LogP contribution in [0.5, 0.6) is 0 Å². The summed E-state index contributed by atoms with van der Waals surface area (Å²) >= 11 is 0. The van der Waals surface area contributed by atoms with Gasteiger partial charge in [-0.1, -0.05) is 36.2 Å². The molecule has 1 aromatic rings. The summed E-state index contributed by atoms with van der Waals surface area (Å²) < 4.78 is 5.72. The molecule has 2 heteroatoms. The van der Waals surface area contributed by atoms with Gasteiger partial charge in [0.25, 0.3) is 0 Å². The summed E-state index contributed by atoms with van der Waals surface area (Å²) in [6, 6.07) is 6.18. The second kappa shape index (κ2) is 5.65. The van der Waals surface area contributed by atoms with Crippen molar-refractivity contribution in [1.82, 2.24) is 0 Å². The lowest BCUT2D eigenvalue weighted by atomic mass is 9.89. The smallest absolute Gasteiger partial charge is 0.108 e. The quantitative estimate of drug-likeness (QED) is 0.847. The third-order valence-corrected chi connectivity index (χ3v) is 3.31. The maximum atomic E-state index is 10.5. The van der Waals surface area contributed by atoms with Gasteiger partial charge in [-0.3, -0.25) is 0 Å². The van der Waals surface area contributed by atoms with Crippen LogP contribution in [0.3, 0.4) is 0 Å². The Morgan fingerprint density at radius 1 is 1.18 bits per heavy atom. The van der Waals surface area contributed by atoms with Crippen molar-refractivity contribution in [3.05, 3.63) is 34.9 Å². The third-order valence-electron chi connectivity index (χ3n) is 3.31. The topological polar surface area (TPSA) is 29.5 Å². The number of aliphatic hydroxyl groups excluding tert-OH is 1. The van der Waals surface area contributed by atoms with Crippen LogP contribution in [0.1, 0.15) is 50.0 Å². The molecule has 0 saturated heterocycles. The first kappa shape index (κ1) is 14.2. The predicted molar refractivity (Wildman–Crippen MR) is 71.2 cm³/mol. The average Bonchev–Trinajstić information content (AvgIpc) is 2.27. The van der Waals surface area contributed by atoms with Crippen LogP contribution in [0.4, 0.5) is 0 Å². The molecule has 0 aromatic heterocycles. The number of aliphatic hydroxyl groups is 1. The standard InChI is InChI=1S/C15H24O2/c1-6-15(5,17-7-2)14(16)13-9-11(3)8-12(4)10-13/h8-10,14,16H,6-7H2,1-5H3. The van der Waals surface area contributed by atoms with Gasteiger partial charge in [0.1, 0.15) is 6.10 Å². The second-order valence-corrected chi connectivity index (χ2v) is 4.92. The first-order valence-electron chi connectivity index (χ1n) is 6.33. The zero-order valence-electron chi connectivity index (χ0n) is 11.6. The Morgan fingerprint density at radius 2 is 1.71 bits per heavy atom. The van der Waals surface area contributed by atoms with E-state index in [-0.39, 0.29) is 0 Å². The highest BCUT2D eigenvalue weighted by Gasteiger charge is 2.33. The van der Waals surface area contributed by atoms with Gasteiger partial charge in [-0.15, -0.1) is 0 Å². The molecule has 0 aliphatic heterocycles. The Balaban J connectivity index is 3.05. The summed E-state index contributed by atoms with van der Waals surface area (Å²) in [5.74, 6) is 0. The van der Waals surface area contributed by atoms with E-state index in [4.69, 9.17) is 4.74 Å². The van der Waals surface area contributed by atoms with Crippen LogP contribution in [0.15, 0.2) is 18.2 Å². The summed E-state index contributed by atoms with van der Waals surface area (Å²) in [5, 5.41) is 10.5. The molecule has 1 N–H and O–H groups in total. The van der Waals surface area contributed by atoms with Gasteiger partial charge in [-0.25, -0.2) is 0 Å². The van der Waals surface area contributed by atoms with E-state index in [1.165, 1.54) is 11.1 Å². The molecule has 0 radical (unpaired) electrons. The summed E-state index contributed by atoms with van der Waals surface area (Å²) in [6.45, 7) is 10.7. The summed E-state index contributed by atoms with van der Waals surface area (Å²) in [7, 11) is 0. The molecule has 17 heavy (non-hydrogen) atoms. The van der Waals surface area contributed by atoms with Crippen LogP contribution in [0.2, 0.25) is 0 Å². The van der Waals surface area contributed by atoms with Gasteiger partial charge in [0.15, 0.2) is 0 Å². The van der Waals surface area contributed by atoms with E-state index >= 15 is 0 Å². The molecule has 0 aliphatic carbocycles. The lowest BCUT2D eigenvalue weighted by Crippen LogP contribution is -2.35. The van der Waals surface area contributed by atoms with Crippen LogP contribution in [-0.4, -0.2) is 17.3 Å². The van der Waals surface area contributed by atoms with Crippen molar-refractivity contribution >= 4 is 0 Å². The molecule has 0 saturated carbocycles. The van der Waals surface area contributed by atoms with E-state index in [0.29, 0.717) is 6.61 Å². The van der Waals surface area contributed by atoms with E-state index in [9.17, 15) is 5.11 Å².